The van der Waals surface area contributed by atoms with Crippen LogP contribution in [0, 0.1) is 0 Å². The predicted octanol–water partition coefficient (Wildman–Crippen LogP) is 5.89. The van der Waals surface area contributed by atoms with Crippen molar-refractivity contribution in [3.63, 3.8) is 0 Å². The molecule has 14 heteroatoms. The van der Waals surface area contributed by atoms with Crippen molar-refractivity contribution in [2.75, 3.05) is 54.9 Å². The van der Waals surface area contributed by atoms with Crippen molar-refractivity contribution in [3.05, 3.63) is 88.7 Å². The van der Waals surface area contributed by atoms with Crippen molar-refractivity contribution >= 4 is 46.3 Å². The van der Waals surface area contributed by atoms with Gasteiger partial charge in [-0.15, -0.1) is 5.10 Å². The van der Waals surface area contributed by atoms with Crippen LogP contribution in [-0.4, -0.2) is 82.7 Å². The fourth-order valence-corrected chi connectivity index (χ4v) is 6.23. The third-order valence-corrected chi connectivity index (χ3v) is 8.93. The summed E-state index contributed by atoms with van der Waals surface area (Å²) in [6, 6.07) is 21.3. The quantitative estimate of drug-likeness (QED) is 0.157. The molecule has 1 unspecified atom stereocenters. The summed E-state index contributed by atoms with van der Waals surface area (Å²) in [5, 5.41) is 19.2. The molecule has 1 aromatic heterocycles. The molecule has 0 saturated carbocycles. The minimum Gasteiger partial charge on any atom is -0.491 e. The zero-order valence-corrected chi connectivity index (χ0v) is 27.8. The Hall–Kier alpha value is -4.10. The molecule has 47 heavy (non-hydrogen) atoms. The molecule has 2 amide bonds. The van der Waals surface area contributed by atoms with Gasteiger partial charge in [0.15, 0.2) is 0 Å². The van der Waals surface area contributed by atoms with Crippen molar-refractivity contribution in [3.8, 4) is 5.75 Å². The number of amides is 2. The van der Waals surface area contributed by atoms with Crippen LogP contribution in [0.2, 0.25) is 10.0 Å². The maximum Gasteiger partial charge on any atom is 0.324 e. The average Bonchev–Trinajstić information content (AvgIpc) is 3.84. The van der Waals surface area contributed by atoms with Crippen LogP contribution in [0.15, 0.2) is 73.1 Å². The van der Waals surface area contributed by atoms with E-state index in [2.05, 4.69) is 40.0 Å². The van der Waals surface area contributed by atoms with E-state index in [-0.39, 0.29) is 31.3 Å². The van der Waals surface area contributed by atoms with Gasteiger partial charge >= 0.3 is 6.03 Å². The van der Waals surface area contributed by atoms with E-state index in [1.165, 1.54) is 11.0 Å². The minimum absolute atomic E-state index is 0.0837. The highest BCUT2D eigenvalue weighted by molar-refractivity contribution is 6.35. The van der Waals surface area contributed by atoms with E-state index in [4.69, 9.17) is 37.4 Å². The lowest BCUT2D eigenvalue weighted by atomic mass is 10.1. The molecule has 3 heterocycles. The zero-order valence-electron chi connectivity index (χ0n) is 26.3. The highest BCUT2D eigenvalue weighted by atomic mass is 35.5. The van der Waals surface area contributed by atoms with Crippen molar-refractivity contribution in [1.82, 2.24) is 25.1 Å². The van der Waals surface area contributed by atoms with Gasteiger partial charge in [0.2, 0.25) is 5.79 Å². The summed E-state index contributed by atoms with van der Waals surface area (Å²) in [7, 11) is 0. The molecular formula is C33H38Cl2N8O4. The maximum atomic E-state index is 12.8. The average molecular weight is 682 g/mol. The molecule has 3 aromatic carbocycles. The molecule has 2 aliphatic heterocycles. The number of hydrogen-bond donors (Lipinski definition) is 2. The number of urea groups is 1. The molecule has 2 N–H and O–H groups in total. The lowest BCUT2D eigenvalue weighted by Gasteiger charge is -2.29. The maximum absolute atomic E-state index is 12.8. The third kappa shape index (κ3) is 7.73. The molecule has 2 saturated heterocycles. The normalized spacial score (nSPS) is 20.1. The van der Waals surface area contributed by atoms with E-state index in [1.54, 1.807) is 18.2 Å². The summed E-state index contributed by atoms with van der Waals surface area (Å²) in [6.45, 7) is 7.91. The van der Waals surface area contributed by atoms with Gasteiger partial charge in [0.05, 0.1) is 11.6 Å². The fraction of sp³-hybridized carbons (Fsp3) is 0.394. The summed E-state index contributed by atoms with van der Waals surface area (Å²) in [5.74, 6) is -0.486. The molecule has 3 atom stereocenters. The van der Waals surface area contributed by atoms with Crippen LogP contribution in [-0.2, 0) is 21.8 Å². The number of nitrogens with zero attached hydrogens (tertiary/aromatic N) is 6. The second-order valence-corrected chi connectivity index (χ2v) is 12.4. The highest BCUT2D eigenvalue weighted by Gasteiger charge is 2.46. The van der Waals surface area contributed by atoms with Gasteiger partial charge in [0.1, 0.15) is 31.3 Å². The van der Waals surface area contributed by atoms with Crippen LogP contribution < -0.4 is 20.3 Å². The first kappa shape index (κ1) is 32.8. The molecule has 248 valence electrons. The molecule has 12 nitrogen and oxygen atoms in total. The van der Waals surface area contributed by atoms with E-state index in [1.807, 2.05) is 58.3 Å². The van der Waals surface area contributed by atoms with Crippen molar-refractivity contribution < 1.29 is 19.0 Å². The molecule has 0 aliphatic carbocycles. The fourth-order valence-electron chi connectivity index (χ4n) is 5.67. The Bertz CT molecular complexity index is 1630. The Kier molecular flexibility index (Phi) is 10.3. The van der Waals surface area contributed by atoms with Crippen LogP contribution in [0.5, 0.6) is 5.75 Å². The van der Waals surface area contributed by atoms with Crippen molar-refractivity contribution in [2.24, 2.45) is 0 Å². The van der Waals surface area contributed by atoms with E-state index in [9.17, 15) is 4.79 Å². The number of halogens is 2. The van der Waals surface area contributed by atoms with Gasteiger partial charge in [-0.05, 0) is 84.4 Å². The number of tetrazole rings is 1. The van der Waals surface area contributed by atoms with E-state index < -0.39 is 5.79 Å². The molecular weight excluding hydrogens is 643 g/mol. The number of carbonyl (C=O) groups is 1. The summed E-state index contributed by atoms with van der Waals surface area (Å²) < 4.78 is 20.2. The minimum atomic E-state index is -1.20. The summed E-state index contributed by atoms with van der Waals surface area (Å²) in [6.07, 6.45) is 2.09. The Labute approximate surface area is 283 Å². The number of anilines is 3. The van der Waals surface area contributed by atoms with Crippen LogP contribution in [0.25, 0.3) is 0 Å². The topological polar surface area (TPSA) is 119 Å². The van der Waals surface area contributed by atoms with Crippen molar-refractivity contribution in [2.45, 2.75) is 44.7 Å². The second kappa shape index (κ2) is 14.8. The van der Waals surface area contributed by atoms with Crippen LogP contribution >= 0.6 is 23.2 Å². The lowest BCUT2D eigenvalue weighted by molar-refractivity contribution is -0.190. The van der Waals surface area contributed by atoms with Gasteiger partial charge in [0, 0.05) is 59.9 Å². The molecule has 0 radical (unpaired) electrons. The van der Waals surface area contributed by atoms with Gasteiger partial charge in [0.25, 0.3) is 0 Å². The number of hydrogen-bond acceptors (Lipinski definition) is 9. The molecule has 2 fully saturated rings. The number of ether oxygens (including phenoxy) is 3. The first-order chi connectivity index (χ1) is 22.8. The van der Waals surface area contributed by atoms with E-state index in [0.717, 1.165) is 49.7 Å². The third-order valence-electron chi connectivity index (χ3n) is 8.38. The molecule has 2 aliphatic rings. The van der Waals surface area contributed by atoms with Gasteiger partial charge in [-0.1, -0.05) is 36.2 Å². The van der Waals surface area contributed by atoms with E-state index in [0.29, 0.717) is 28.0 Å². The van der Waals surface area contributed by atoms with Gasteiger partial charge < -0.3 is 29.7 Å². The molecule has 6 rings (SSSR count). The zero-order chi connectivity index (χ0) is 32.8. The standard InChI is InChI=1S/C33H38Cl2N8O4/c1-3-23(2)42-16-17-43(32(42)44)27-9-5-25(6-10-27)36-14-15-37-26-7-11-28(12-8-26)45-19-29-20-46-33(47-29,21-41-22-38-39-40-41)30-13-4-24(34)18-31(30)35/h4-13,18,22-23,29,36-37H,3,14-17,19-21H2,1-2H3/t23?,29-,33-/m1/s1. The Morgan fingerprint density at radius 2 is 1.74 bits per heavy atom. The van der Waals surface area contributed by atoms with Crippen LogP contribution in [0.1, 0.15) is 25.8 Å². The molecule has 0 bridgehead atoms. The predicted molar refractivity (Wildman–Crippen MR) is 181 cm³/mol. The molecule has 4 aromatic rings. The van der Waals surface area contributed by atoms with Gasteiger partial charge in [-0.3, -0.25) is 4.90 Å². The Morgan fingerprint density at radius 1 is 1.02 bits per heavy atom. The van der Waals surface area contributed by atoms with Crippen LogP contribution in [0.4, 0.5) is 21.9 Å². The number of carbonyl (C=O) groups excluding carboxylic acids is 1. The van der Waals surface area contributed by atoms with Gasteiger partial charge in [-0.25, -0.2) is 9.48 Å². The van der Waals surface area contributed by atoms with Gasteiger partial charge in [-0.2, -0.15) is 0 Å². The highest BCUT2D eigenvalue weighted by Crippen LogP contribution is 2.40. The first-order valence-corrected chi connectivity index (χ1v) is 16.5. The first-order valence-electron chi connectivity index (χ1n) is 15.7. The Balaban J connectivity index is 0.950. The van der Waals surface area contributed by atoms with Crippen molar-refractivity contribution in [1.29, 1.82) is 0 Å². The van der Waals surface area contributed by atoms with E-state index >= 15 is 0 Å². The number of rotatable bonds is 14. The monoisotopic (exact) mass is 680 g/mol. The van der Waals surface area contributed by atoms with Crippen LogP contribution in [0.3, 0.4) is 0 Å². The number of aromatic nitrogens is 4. The second-order valence-electron chi connectivity index (χ2n) is 11.6. The number of benzene rings is 3. The largest absolute Gasteiger partial charge is 0.491 e. The summed E-state index contributed by atoms with van der Waals surface area (Å²) in [5.41, 5.74) is 3.54. The Morgan fingerprint density at radius 3 is 2.40 bits per heavy atom. The molecule has 0 spiro atoms. The smallest absolute Gasteiger partial charge is 0.324 e. The summed E-state index contributed by atoms with van der Waals surface area (Å²) >= 11 is 12.7. The SMILES string of the molecule is CCC(C)N1CCN(c2ccc(NCCNc3ccc(OC[C@@H]4CO[C@@](Cn5cnnn5)(c5ccc(Cl)cc5Cl)O4)cc3)cc2)C1=O. The summed E-state index contributed by atoms with van der Waals surface area (Å²) in [4.78, 5) is 16.6. The number of nitrogens with one attached hydrogen (secondary N) is 2. The lowest BCUT2D eigenvalue weighted by Crippen LogP contribution is -2.37.